The predicted molar refractivity (Wildman–Crippen MR) is 95.0 cm³/mol. The van der Waals surface area contributed by atoms with Crippen molar-refractivity contribution in [1.82, 2.24) is 14.7 Å². The molecule has 0 spiro atoms. The van der Waals surface area contributed by atoms with Gasteiger partial charge >= 0.3 is 0 Å². The lowest BCUT2D eigenvalue weighted by Crippen LogP contribution is -2.39. The molecule has 25 heavy (non-hydrogen) atoms. The maximum Gasteiger partial charge on any atom is 0.273 e. The Morgan fingerprint density at radius 3 is 2.80 bits per heavy atom. The lowest BCUT2D eigenvalue weighted by Gasteiger charge is -2.23. The minimum Gasteiger partial charge on any atom is -0.368 e. The van der Waals surface area contributed by atoms with Gasteiger partial charge in [0.2, 0.25) is 5.91 Å². The molecule has 2 aromatic rings. The summed E-state index contributed by atoms with van der Waals surface area (Å²) in [5.74, 6) is -0.493. The Bertz CT molecular complexity index is 799. The smallest absolute Gasteiger partial charge is 0.273 e. The first-order chi connectivity index (χ1) is 12.0. The lowest BCUT2D eigenvalue weighted by molar-refractivity contribution is -0.122. The fraction of sp³-hybridized carbons (Fsp3) is 0.389. The monoisotopic (exact) mass is 341 g/mol. The van der Waals surface area contributed by atoms with E-state index in [0.717, 1.165) is 36.3 Å². The highest BCUT2D eigenvalue weighted by Gasteiger charge is 2.29. The molecule has 7 heteroatoms. The third-order valence-electron chi connectivity index (χ3n) is 4.57. The molecule has 3 N–H and O–H groups in total. The van der Waals surface area contributed by atoms with E-state index in [4.69, 9.17) is 5.73 Å². The molecule has 132 valence electrons. The van der Waals surface area contributed by atoms with Gasteiger partial charge in [0.1, 0.15) is 5.69 Å². The zero-order valence-electron chi connectivity index (χ0n) is 14.5. The number of carbonyl (C=O) groups is 2. The van der Waals surface area contributed by atoms with Crippen LogP contribution in [0.4, 0.5) is 5.69 Å². The number of amides is 2. The molecule has 7 nitrogen and oxygen atoms in total. The molecule has 0 saturated carbocycles. The molecule has 0 unspecified atom stereocenters. The number of hydrogen-bond acceptors (Lipinski definition) is 4. The van der Waals surface area contributed by atoms with Crippen molar-refractivity contribution in [3.8, 4) is 0 Å². The first-order valence-electron chi connectivity index (χ1n) is 8.39. The molecule has 1 aliphatic heterocycles. The van der Waals surface area contributed by atoms with Gasteiger partial charge in [0.15, 0.2) is 0 Å². The first kappa shape index (κ1) is 17.2. The van der Waals surface area contributed by atoms with Gasteiger partial charge in [-0.25, -0.2) is 0 Å². The average molecular weight is 341 g/mol. The van der Waals surface area contributed by atoms with E-state index in [0.29, 0.717) is 12.2 Å². The molecule has 1 atom stereocenters. The van der Waals surface area contributed by atoms with Crippen molar-refractivity contribution >= 4 is 17.5 Å². The van der Waals surface area contributed by atoms with E-state index >= 15 is 0 Å². The van der Waals surface area contributed by atoms with Crippen LogP contribution in [-0.4, -0.2) is 39.1 Å². The van der Waals surface area contributed by atoms with Crippen molar-refractivity contribution in [2.75, 3.05) is 11.9 Å². The van der Waals surface area contributed by atoms with E-state index < -0.39 is 0 Å². The molecule has 2 heterocycles. The molecule has 1 aromatic carbocycles. The van der Waals surface area contributed by atoms with Gasteiger partial charge in [-0.3, -0.25) is 19.2 Å². The number of nitrogens with one attached hydrogen (secondary N) is 1. The number of hydrogen-bond donors (Lipinski definition) is 2. The third kappa shape index (κ3) is 3.71. The van der Waals surface area contributed by atoms with Gasteiger partial charge in [-0.15, -0.1) is 0 Å². The number of primary amides is 1. The van der Waals surface area contributed by atoms with Crippen LogP contribution < -0.4 is 11.1 Å². The third-order valence-corrected chi connectivity index (χ3v) is 4.57. The Labute approximate surface area is 146 Å². The Morgan fingerprint density at radius 2 is 2.12 bits per heavy atom. The number of nitrogens with zero attached hydrogens (tertiary/aromatic N) is 3. The number of aryl methyl sites for hydroxylation is 2. The summed E-state index contributed by atoms with van der Waals surface area (Å²) < 4.78 is 1.57. The van der Waals surface area contributed by atoms with Gasteiger partial charge in [-0.2, -0.15) is 5.10 Å². The summed E-state index contributed by atoms with van der Waals surface area (Å²) in [5.41, 5.74) is 8.49. The van der Waals surface area contributed by atoms with Crippen LogP contribution in [0.25, 0.3) is 0 Å². The van der Waals surface area contributed by atoms with E-state index in [2.05, 4.69) is 15.3 Å². The van der Waals surface area contributed by atoms with Crippen molar-refractivity contribution in [3.63, 3.8) is 0 Å². The van der Waals surface area contributed by atoms with Crippen molar-refractivity contribution in [2.45, 2.75) is 32.4 Å². The second-order valence-electron chi connectivity index (χ2n) is 6.44. The molecule has 0 bridgehead atoms. The Morgan fingerprint density at radius 1 is 1.36 bits per heavy atom. The Hall–Kier alpha value is -2.67. The topological polar surface area (TPSA) is 93.3 Å². The number of anilines is 1. The van der Waals surface area contributed by atoms with Crippen LogP contribution in [0, 0.1) is 6.92 Å². The average Bonchev–Trinajstić information content (AvgIpc) is 3.15. The Balaban J connectivity index is 1.78. The molecule has 0 radical (unpaired) electrons. The van der Waals surface area contributed by atoms with Crippen molar-refractivity contribution < 1.29 is 9.59 Å². The Kier molecular flexibility index (Phi) is 4.85. The van der Waals surface area contributed by atoms with Gasteiger partial charge in [0, 0.05) is 19.3 Å². The number of aromatic nitrogens is 2. The highest BCUT2D eigenvalue weighted by atomic mass is 16.2. The zero-order valence-corrected chi connectivity index (χ0v) is 14.5. The van der Waals surface area contributed by atoms with E-state index in [-0.39, 0.29) is 17.9 Å². The zero-order chi connectivity index (χ0) is 18.0. The second-order valence-corrected chi connectivity index (χ2v) is 6.44. The standard InChI is InChI=1S/C18H23N5O2/c1-12-10-16(22(2)21-12)18(25)20-14-7-4-3-6-13(14)11-23-9-5-8-15(23)17(19)24/h3-4,6-7,10,15H,5,8-9,11H2,1-2H3,(H2,19,24)(H,20,25)/t15-/m1/s1. The largest absolute Gasteiger partial charge is 0.368 e. The fourth-order valence-corrected chi connectivity index (χ4v) is 3.35. The van der Waals surface area contributed by atoms with Gasteiger partial charge in [-0.1, -0.05) is 18.2 Å². The van der Waals surface area contributed by atoms with Crippen LogP contribution in [0.5, 0.6) is 0 Å². The highest BCUT2D eigenvalue weighted by molar-refractivity contribution is 6.03. The molecule has 1 fully saturated rings. The quantitative estimate of drug-likeness (QED) is 0.860. The maximum absolute atomic E-state index is 12.6. The normalized spacial score (nSPS) is 17.6. The maximum atomic E-state index is 12.6. The van der Waals surface area contributed by atoms with E-state index in [1.165, 1.54) is 0 Å². The number of carbonyl (C=O) groups excluding carboxylic acids is 2. The summed E-state index contributed by atoms with van der Waals surface area (Å²) in [4.78, 5) is 26.2. The van der Waals surface area contributed by atoms with E-state index in [1.807, 2.05) is 31.2 Å². The van der Waals surface area contributed by atoms with Crippen LogP contribution in [-0.2, 0) is 18.4 Å². The van der Waals surface area contributed by atoms with Crippen molar-refractivity contribution in [1.29, 1.82) is 0 Å². The number of para-hydroxylation sites is 1. The minimum absolute atomic E-state index is 0.205. The summed E-state index contributed by atoms with van der Waals surface area (Å²) in [6.07, 6.45) is 1.74. The van der Waals surface area contributed by atoms with Crippen LogP contribution >= 0.6 is 0 Å². The van der Waals surface area contributed by atoms with Gasteiger partial charge in [0.25, 0.3) is 5.91 Å². The first-order valence-corrected chi connectivity index (χ1v) is 8.39. The molecular formula is C18H23N5O2. The number of benzene rings is 1. The molecule has 0 aliphatic carbocycles. The SMILES string of the molecule is Cc1cc(C(=O)Nc2ccccc2CN2CCC[C@@H]2C(N)=O)n(C)n1. The van der Waals surface area contributed by atoms with Crippen molar-refractivity contribution in [2.24, 2.45) is 12.8 Å². The number of rotatable bonds is 5. The van der Waals surface area contributed by atoms with Crippen LogP contribution in [0.15, 0.2) is 30.3 Å². The van der Waals surface area contributed by atoms with Crippen LogP contribution in [0.1, 0.15) is 34.6 Å². The van der Waals surface area contributed by atoms with Crippen molar-refractivity contribution in [3.05, 3.63) is 47.3 Å². The van der Waals surface area contributed by atoms with E-state index in [9.17, 15) is 9.59 Å². The second kappa shape index (κ2) is 7.06. The number of likely N-dealkylation sites (tertiary alicyclic amines) is 1. The summed E-state index contributed by atoms with van der Waals surface area (Å²) in [6, 6.07) is 9.15. The molecule has 3 rings (SSSR count). The summed E-state index contributed by atoms with van der Waals surface area (Å²) in [6.45, 7) is 3.26. The molecule has 2 amide bonds. The minimum atomic E-state index is -0.288. The molecular weight excluding hydrogens is 318 g/mol. The highest BCUT2D eigenvalue weighted by Crippen LogP contribution is 2.24. The summed E-state index contributed by atoms with van der Waals surface area (Å²) in [5, 5.41) is 7.16. The lowest BCUT2D eigenvalue weighted by atomic mass is 10.1. The molecule has 1 saturated heterocycles. The fourth-order valence-electron chi connectivity index (χ4n) is 3.35. The van der Waals surface area contributed by atoms with Gasteiger partial charge in [0.05, 0.1) is 11.7 Å². The van der Waals surface area contributed by atoms with Gasteiger partial charge < -0.3 is 11.1 Å². The van der Waals surface area contributed by atoms with E-state index in [1.54, 1.807) is 17.8 Å². The number of nitrogens with two attached hydrogens (primary N) is 1. The molecule has 1 aromatic heterocycles. The van der Waals surface area contributed by atoms with Crippen LogP contribution in [0.3, 0.4) is 0 Å². The summed E-state index contributed by atoms with van der Waals surface area (Å²) in [7, 11) is 1.75. The van der Waals surface area contributed by atoms with Gasteiger partial charge in [-0.05, 0) is 44.0 Å². The predicted octanol–water partition coefficient (Wildman–Crippen LogP) is 1.43. The summed E-state index contributed by atoms with van der Waals surface area (Å²) >= 11 is 0. The molecule has 1 aliphatic rings. The van der Waals surface area contributed by atoms with Crippen LogP contribution in [0.2, 0.25) is 0 Å².